The molecule has 2 nitrogen and oxygen atoms in total. The van der Waals surface area contributed by atoms with Crippen molar-refractivity contribution < 1.29 is 0 Å². The van der Waals surface area contributed by atoms with Gasteiger partial charge in [-0.15, -0.1) is 0 Å². The van der Waals surface area contributed by atoms with Crippen LogP contribution in [0.3, 0.4) is 0 Å². The number of para-hydroxylation sites is 1. The minimum absolute atomic E-state index is 1.17. The van der Waals surface area contributed by atoms with Crippen LogP contribution in [0.1, 0.15) is 0 Å². The van der Waals surface area contributed by atoms with Crippen molar-refractivity contribution in [3.05, 3.63) is 140 Å². The van der Waals surface area contributed by atoms with E-state index in [2.05, 4.69) is 156 Å². The third-order valence-corrected chi connectivity index (χ3v) is 7.36. The third-order valence-electron chi connectivity index (χ3n) is 7.36. The highest BCUT2D eigenvalue weighted by atomic mass is 15.1. The van der Waals surface area contributed by atoms with E-state index in [0.717, 1.165) is 0 Å². The van der Waals surface area contributed by atoms with Crippen LogP contribution in [0.5, 0.6) is 0 Å². The van der Waals surface area contributed by atoms with Crippen LogP contribution in [0.25, 0.3) is 49.4 Å². The van der Waals surface area contributed by atoms with E-state index < -0.39 is 0 Å². The molecule has 6 aromatic carbocycles. The van der Waals surface area contributed by atoms with Crippen LogP contribution in [-0.2, 0) is 0 Å². The summed E-state index contributed by atoms with van der Waals surface area (Å²) < 4.78 is 2.41. The zero-order valence-corrected chi connectivity index (χ0v) is 20.7. The number of benzene rings is 6. The summed E-state index contributed by atoms with van der Waals surface area (Å²) >= 11 is 0. The van der Waals surface area contributed by atoms with Crippen LogP contribution in [-0.4, -0.2) is 11.6 Å². The molecule has 0 saturated heterocycles. The zero-order valence-electron chi connectivity index (χ0n) is 20.7. The van der Waals surface area contributed by atoms with Gasteiger partial charge in [-0.2, -0.15) is 0 Å². The van der Waals surface area contributed by atoms with E-state index in [1.54, 1.807) is 0 Å². The summed E-state index contributed by atoms with van der Waals surface area (Å²) in [5.74, 6) is 0. The number of hydrogen-bond donors (Lipinski definition) is 0. The molecule has 7 rings (SSSR count). The van der Waals surface area contributed by atoms with Crippen LogP contribution < -0.4 is 4.90 Å². The molecule has 0 aliphatic carbocycles. The summed E-state index contributed by atoms with van der Waals surface area (Å²) in [4.78, 5) is 2.25. The molecule has 0 unspecified atom stereocenters. The Kier molecular flexibility index (Phi) is 5.04. The van der Waals surface area contributed by atoms with Crippen molar-refractivity contribution in [2.75, 3.05) is 11.9 Å². The highest BCUT2D eigenvalue weighted by molar-refractivity contribution is 6.14. The van der Waals surface area contributed by atoms with E-state index in [9.17, 15) is 0 Å². The zero-order chi connectivity index (χ0) is 24.8. The molecule has 2 heteroatoms. The van der Waals surface area contributed by atoms with E-state index in [1.165, 1.54) is 60.8 Å². The molecular weight excluding hydrogens is 448 g/mol. The highest BCUT2D eigenvalue weighted by Gasteiger charge is 2.16. The van der Waals surface area contributed by atoms with Crippen molar-refractivity contribution in [2.45, 2.75) is 0 Å². The van der Waals surface area contributed by atoms with Crippen LogP contribution in [0.2, 0.25) is 0 Å². The van der Waals surface area contributed by atoms with Gasteiger partial charge in [-0.1, -0.05) is 84.9 Å². The Morgan fingerprint density at radius 3 is 1.89 bits per heavy atom. The van der Waals surface area contributed by atoms with Gasteiger partial charge in [0.15, 0.2) is 0 Å². The summed E-state index contributed by atoms with van der Waals surface area (Å²) in [6.07, 6.45) is 0. The first kappa shape index (κ1) is 21.5. The van der Waals surface area contributed by atoms with Crippen LogP contribution >= 0.6 is 0 Å². The number of rotatable bonds is 4. The van der Waals surface area contributed by atoms with Crippen molar-refractivity contribution in [2.24, 2.45) is 0 Å². The number of hydrogen-bond acceptors (Lipinski definition) is 1. The predicted octanol–water partition coefficient (Wildman–Crippen LogP) is 9.37. The monoisotopic (exact) mass is 474 g/mol. The molecule has 0 saturated carbocycles. The summed E-state index contributed by atoms with van der Waals surface area (Å²) in [6.45, 7) is 0. The lowest BCUT2D eigenvalue weighted by Crippen LogP contribution is -2.08. The number of aromatic nitrogens is 1. The SMILES string of the molecule is CN(c1ccccc1)c1ccc2c(c1)c1cc3ccccc3cc1n2-c1cccc(-c2ccccc2)c1. The molecule has 0 bridgehead atoms. The number of fused-ring (bicyclic) bond motifs is 4. The molecule has 1 heterocycles. The molecule has 7 aromatic rings. The lowest BCUT2D eigenvalue weighted by Gasteiger charge is -2.19. The minimum Gasteiger partial charge on any atom is -0.345 e. The molecule has 0 radical (unpaired) electrons. The fourth-order valence-electron chi connectivity index (χ4n) is 5.44. The minimum atomic E-state index is 1.17. The van der Waals surface area contributed by atoms with Gasteiger partial charge in [0.1, 0.15) is 0 Å². The number of anilines is 2. The Morgan fingerprint density at radius 2 is 1.11 bits per heavy atom. The van der Waals surface area contributed by atoms with Gasteiger partial charge in [0.05, 0.1) is 11.0 Å². The van der Waals surface area contributed by atoms with E-state index in [-0.39, 0.29) is 0 Å². The molecule has 0 amide bonds. The van der Waals surface area contributed by atoms with Gasteiger partial charge in [-0.3, -0.25) is 0 Å². The Hall–Kier alpha value is -4.82. The quantitative estimate of drug-likeness (QED) is 0.247. The van der Waals surface area contributed by atoms with Crippen LogP contribution in [0, 0.1) is 0 Å². The topological polar surface area (TPSA) is 8.17 Å². The molecule has 176 valence electrons. The van der Waals surface area contributed by atoms with Crippen molar-refractivity contribution >= 4 is 44.0 Å². The normalized spacial score (nSPS) is 11.4. The second-order valence-corrected chi connectivity index (χ2v) is 9.56. The standard InChI is InChI=1S/C35H26N2/c1-36(29-16-6-3-7-17-29)30-19-20-34-33(24-30)32-22-27-13-8-9-14-28(27)23-35(32)37(34)31-18-10-15-26(21-31)25-11-4-2-5-12-25/h2-24H,1H3. The second kappa shape index (κ2) is 8.69. The molecule has 0 atom stereocenters. The fourth-order valence-corrected chi connectivity index (χ4v) is 5.44. The molecule has 0 N–H and O–H groups in total. The second-order valence-electron chi connectivity index (χ2n) is 9.56. The molecule has 0 aliphatic heterocycles. The fraction of sp³-hybridized carbons (Fsp3) is 0.0286. The van der Waals surface area contributed by atoms with Crippen LogP contribution in [0.4, 0.5) is 11.4 Å². The molecule has 0 fully saturated rings. The Morgan fingerprint density at radius 1 is 0.459 bits per heavy atom. The smallest absolute Gasteiger partial charge is 0.0547 e. The lowest BCUT2D eigenvalue weighted by atomic mass is 10.0. The van der Waals surface area contributed by atoms with E-state index in [0.29, 0.717) is 0 Å². The first-order chi connectivity index (χ1) is 18.3. The van der Waals surface area contributed by atoms with E-state index in [4.69, 9.17) is 0 Å². The van der Waals surface area contributed by atoms with Gasteiger partial charge in [0.2, 0.25) is 0 Å². The summed E-state index contributed by atoms with van der Waals surface area (Å²) in [6, 6.07) is 50.1. The molecule has 0 aliphatic rings. The highest BCUT2D eigenvalue weighted by Crippen LogP contribution is 2.38. The molecule has 37 heavy (non-hydrogen) atoms. The van der Waals surface area contributed by atoms with Gasteiger partial charge in [-0.25, -0.2) is 0 Å². The Bertz CT molecular complexity index is 1880. The van der Waals surface area contributed by atoms with Gasteiger partial charge < -0.3 is 9.47 Å². The van der Waals surface area contributed by atoms with E-state index in [1.807, 2.05) is 0 Å². The molecule has 0 spiro atoms. The molecule has 1 aromatic heterocycles. The van der Waals surface area contributed by atoms with Crippen molar-refractivity contribution in [3.8, 4) is 16.8 Å². The summed E-state index contributed by atoms with van der Waals surface area (Å²) in [5, 5.41) is 5.03. The van der Waals surface area contributed by atoms with E-state index >= 15 is 0 Å². The lowest BCUT2D eigenvalue weighted by molar-refractivity contribution is 1.18. The van der Waals surface area contributed by atoms with Gasteiger partial charge in [0.25, 0.3) is 0 Å². The molecular formula is C35H26N2. The Balaban J connectivity index is 1.50. The van der Waals surface area contributed by atoms with Crippen molar-refractivity contribution in [1.82, 2.24) is 4.57 Å². The summed E-state index contributed by atoms with van der Waals surface area (Å²) in [5.41, 5.74) is 8.38. The average Bonchev–Trinajstić information content (AvgIpc) is 3.29. The summed E-state index contributed by atoms with van der Waals surface area (Å²) in [7, 11) is 2.13. The van der Waals surface area contributed by atoms with Gasteiger partial charge in [0, 0.05) is 34.9 Å². The first-order valence-corrected chi connectivity index (χ1v) is 12.7. The first-order valence-electron chi connectivity index (χ1n) is 12.7. The maximum atomic E-state index is 2.41. The van der Waals surface area contributed by atoms with Crippen molar-refractivity contribution in [1.29, 1.82) is 0 Å². The number of nitrogens with zero attached hydrogens (tertiary/aromatic N) is 2. The van der Waals surface area contributed by atoms with Crippen molar-refractivity contribution in [3.63, 3.8) is 0 Å². The van der Waals surface area contributed by atoms with Gasteiger partial charge in [-0.05, 0) is 76.5 Å². The maximum absolute atomic E-state index is 2.41. The third kappa shape index (κ3) is 3.66. The van der Waals surface area contributed by atoms with Crippen LogP contribution in [0.15, 0.2) is 140 Å². The Labute approximate surface area is 216 Å². The average molecular weight is 475 g/mol. The maximum Gasteiger partial charge on any atom is 0.0547 e. The predicted molar refractivity (Wildman–Crippen MR) is 158 cm³/mol. The largest absolute Gasteiger partial charge is 0.345 e. The van der Waals surface area contributed by atoms with Gasteiger partial charge >= 0.3 is 0 Å².